The van der Waals surface area contributed by atoms with E-state index in [1.807, 2.05) is 0 Å². The molecule has 158 valence electrons. The van der Waals surface area contributed by atoms with Crippen molar-refractivity contribution in [3.8, 4) is 0 Å². The average Bonchev–Trinajstić information content (AvgIpc) is 2.71. The first kappa shape index (κ1) is 20.0. The monoisotopic (exact) mass is 398 g/mol. The molecule has 7 nitrogen and oxygen atoms in total. The molecule has 0 bridgehead atoms. The molecule has 0 spiro atoms. The summed E-state index contributed by atoms with van der Waals surface area (Å²) in [6.45, 7) is 6.74. The quantitative estimate of drug-likeness (QED) is 0.650. The standard InChI is InChI=1S/C22H34N6O/c1-15(28-12-3-2-4-13-28)16-8-10-18(11-9-16)25-21-19(20(23)29)14-24-22(27-21)26-17-6-5-7-17/h14,16-18H,1-13H2,(H2,23,29)(H2,24,25,26,27)/t16-,18+. The molecule has 0 unspecified atom stereocenters. The van der Waals surface area contributed by atoms with Crippen molar-refractivity contribution in [1.29, 1.82) is 0 Å². The molecule has 2 saturated carbocycles. The second kappa shape index (κ2) is 9.01. The number of anilines is 2. The third-order valence-electron chi connectivity index (χ3n) is 6.79. The molecule has 1 aliphatic heterocycles. The minimum absolute atomic E-state index is 0.296. The third kappa shape index (κ3) is 4.82. The molecular weight excluding hydrogens is 364 g/mol. The fraction of sp³-hybridized carbons (Fsp3) is 0.682. The van der Waals surface area contributed by atoms with Crippen molar-refractivity contribution in [1.82, 2.24) is 14.9 Å². The Bertz CT molecular complexity index is 733. The number of likely N-dealkylation sites (tertiary alicyclic amines) is 1. The Balaban J connectivity index is 1.35. The van der Waals surface area contributed by atoms with E-state index in [-0.39, 0.29) is 0 Å². The number of hydrogen-bond donors (Lipinski definition) is 3. The number of amides is 1. The summed E-state index contributed by atoms with van der Waals surface area (Å²) >= 11 is 0. The highest BCUT2D eigenvalue weighted by molar-refractivity contribution is 5.97. The lowest BCUT2D eigenvalue weighted by Crippen LogP contribution is -2.35. The molecule has 0 aromatic carbocycles. The molecule has 3 fully saturated rings. The number of hydrogen-bond acceptors (Lipinski definition) is 6. The Morgan fingerprint density at radius 1 is 1.00 bits per heavy atom. The Morgan fingerprint density at radius 2 is 1.69 bits per heavy atom. The van der Waals surface area contributed by atoms with Gasteiger partial charge in [-0.25, -0.2) is 4.98 Å². The molecule has 7 heteroatoms. The fourth-order valence-electron chi connectivity index (χ4n) is 4.68. The van der Waals surface area contributed by atoms with Gasteiger partial charge in [-0.15, -0.1) is 0 Å². The zero-order valence-electron chi connectivity index (χ0n) is 17.3. The van der Waals surface area contributed by atoms with Crippen LogP contribution in [0.2, 0.25) is 0 Å². The van der Waals surface area contributed by atoms with Crippen LogP contribution in [0, 0.1) is 5.92 Å². The van der Waals surface area contributed by atoms with Crippen LogP contribution < -0.4 is 16.4 Å². The van der Waals surface area contributed by atoms with E-state index in [9.17, 15) is 4.79 Å². The van der Waals surface area contributed by atoms with E-state index >= 15 is 0 Å². The largest absolute Gasteiger partial charge is 0.375 e. The number of nitrogens with zero attached hydrogens (tertiary/aromatic N) is 3. The van der Waals surface area contributed by atoms with Crippen LogP contribution in [-0.4, -0.2) is 45.9 Å². The molecule has 1 aromatic rings. The van der Waals surface area contributed by atoms with Crippen molar-refractivity contribution in [3.63, 3.8) is 0 Å². The van der Waals surface area contributed by atoms with E-state index in [2.05, 4.69) is 32.1 Å². The number of primary amides is 1. The van der Waals surface area contributed by atoms with E-state index in [0.29, 0.717) is 35.3 Å². The molecule has 0 radical (unpaired) electrons. The highest BCUT2D eigenvalue weighted by Crippen LogP contribution is 2.33. The number of nitrogens with one attached hydrogen (secondary N) is 2. The number of piperidine rings is 1. The van der Waals surface area contributed by atoms with Crippen molar-refractivity contribution in [2.24, 2.45) is 11.7 Å². The zero-order chi connectivity index (χ0) is 20.2. The van der Waals surface area contributed by atoms with Gasteiger partial charge in [-0.2, -0.15) is 4.98 Å². The summed E-state index contributed by atoms with van der Waals surface area (Å²) in [5.74, 6) is 1.22. The lowest BCUT2D eigenvalue weighted by atomic mass is 9.83. The van der Waals surface area contributed by atoms with Gasteiger partial charge < -0.3 is 21.3 Å². The van der Waals surface area contributed by atoms with Crippen LogP contribution in [0.1, 0.15) is 74.6 Å². The Morgan fingerprint density at radius 3 is 2.31 bits per heavy atom. The summed E-state index contributed by atoms with van der Waals surface area (Å²) in [6.07, 6.45) is 13.3. The summed E-state index contributed by atoms with van der Waals surface area (Å²) in [6, 6.07) is 0.739. The second-order valence-electron chi connectivity index (χ2n) is 8.82. The molecule has 1 saturated heterocycles. The summed E-state index contributed by atoms with van der Waals surface area (Å²) in [4.78, 5) is 23.2. The maximum atomic E-state index is 11.8. The molecule has 4 rings (SSSR count). The predicted octanol–water partition coefficient (Wildman–Crippen LogP) is 3.51. The fourth-order valence-corrected chi connectivity index (χ4v) is 4.68. The zero-order valence-corrected chi connectivity index (χ0v) is 17.3. The van der Waals surface area contributed by atoms with E-state index in [1.165, 1.54) is 31.4 Å². The van der Waals surface area contributed by atoms with Gasteiger partial charge in [0.1, 0.15) is 5.82 Å². The summed E-state index contributed by atoms with van der Waals surface area (Å²) in [5.41, 5.74) is 7.25. The van der Waals surface area contributed by atoms with E-state index in [0.717, 1.165) is 51.6 Å². The van der Waals surface area contributed by atoms with E-state index in [4.69, 9.17) is 5.73 Å². The van der Waals surface area contributed by atoms with Crippen LogP contribution in [0.15, 0.2) is 18.5 Å². The third-order valence-corrected chi connectivity index (χ3v) is 6.79. The summed E-state index contributed by atoms with van der Waals surface area (Å²) < 4.78 is 0. The Hall–Kier alpha value is -2.31. The van der Waals surface area contributed by atoms with Crippen molar-refractivity contribution >= 4 is 17.7 Å². The van der Waals surface area contributed by atoms with Crippen LogP contribution in [-0.2, 0) is 0 Å². The predicted molar refractivity (Wildman–Crippen MR) is 116 cm³/mol. The molecular formula is C22H34N6O. The van der Waals surface area contributed by atoms with E-state index in [1.54, 1.807) is 6.20 Å². The van der Waals surface area contributed by atoms with E-state index < -0.39 is 5.91 Å². The molecule has 2 aliphatic carbocycles. The minimum Gasteiger partial charge on any atom is -0.375 e. The number of rotatable bonds is 7. The highest BCUT2D eigenvalue weighted by atomic mass is 16.1. The normalized spacial score (nSPS) is 25.2. The maximum absolute atomic E-state index is 11.8. The van der Waals surface area contributed by atoms with Gasteiger partial charge in [0.25, 0.3) is 5.91 Å². The van der Waals surface area contributed by atoms with Gasteiger partial charge in [-0.05, 0) is 70.1 Å². The first-order chi connectivity index (χ1) is 14.1. The lowest BCUT2D eigenvalue weighted by molar-refractivity contribution is 0.100. The number of aromatic nitrogens is 2. The SMILES string of the molecule is C=C([C@H]1CC[C@@H](Nc2nc(NC3CCC3)ncc2C(N)=O)CC1)N1CCCCC1. The van der Waals surface area contributed by atoms with Gasteiger partial charge in [0.2, 0.25) is 5.95 Å². The molecule has 2 heterocycles. The molecule has 29 heavy (non-hydrogen) atoms. The second-order valence-corrected chi connectivity index (χ2v) is 8.82. The lowest BCUT2D eigenvalue weighted by Gasteiger charge is -2.38. The van der Waals surface area contributed by atoms with Crippen LogP contribution in [0.3, 0.4) is 0 Å². The average molecular weight is 399 g/mol. The van der Waals surface area contributed by atoms with Gasteiger partial charge in [0.15, 0.2) is 0 Å². The molecule has 1 amide bonds. The molecule has 0 atom stereocenters. The van der Waals surface area contributed by atoms with Crippen molar-refractivity contribution < 1.29 is 4.79 Å². The molecule has 3 aliphatic rings. The van der Waals surface area contributed by atoms with Crippen LogP contribution in [0.4, 0.5) is 11.8 Å². The smallest absolute Gasteiger partial charge is 0.254 e. The topological polar surface area (TPSA) is 96.2 Å². The minimum atomic E-state index is -0.491. The summed E-state index contributed by atoms with van der Waals surface area (Å²) in [5, 5.41) is 6.83. The molecule has 1 aromatic heterocycles. The Labute approximate surface area is 173 Å². The number of carbonyl (C=O) groups excluding carboxylic acids is 1. The van der Waals surface area contributed by atoms with Crippen molar-refractivity contribution in [2.75, 3.05) is 23.7 Å². The number of allylic oxidation sites excluding steroid dienone is 1. The van der Waals surface area contributed by atoms with Crippen LogP contribution in [0.5, 0.6) is 0 Å². The summed E-state index contributed by atoms with van der Waals surface area (Å²) in [7, 11) is 0. The first-order valence-electron chi connectivity index (χ1n) is 11.2. The Kier molecular flexibility index (Phi) is 6.21. The maximum Gasteiger partial charge on any atom is 0.254 e. The highest BCUT2D eigenvalue weighted by Gasteiger charge is 2.27. The van der Waals surface area contributed by atoms with Gasteiger partial charge in [-0.1, -0.05) is 6.58 Å². The van der Waals surface area contributed by atoms with Crippen LogP contribution >= 0.6 is 0 Å². The van der Waals surface area contributed by atoms with Crippen molar-refractivity contribution in [2.45, 2.75) is 76.3 Å². The number of carbonyl (C=O) groups is 1. The van der Waals surface area contributed by atoms with Gasteiger partial charge in [0, 0.05) is 37.1 Å². The van der Waals surface area contributed by atoms with Crippen LogP contribution in [0.25, 0.3) is 0 Å². The van der Waals surface area contributed by atoms with Gasteiger partial charge in [-0.3, -0.25) is 4.79 Å². The van der Waals surface area contributed by atoms with Gasteiger partial charge >= 0.3 is 0 Å². The molecule has 4 N–H and O–H groups in total. The number of nitrogens with two attached hydrogens (primary N) is 1. The van der Waals surface area contributed by atoms with Crippen molar-refractivity contribution in [3.05, 3.63) is 24.0 Å². The first-order valence-corrected chi connectivity index (χ1v) is 11.2. The van der Waals surface area contributed by atoms with Gasteiger partial charge in [0.05, 0.1) is 5.56 Å².